The zero-order chi connectivity index (χ0) is 21.1. The zero-order valence-corrected chi connectivity index (χ0v) is 18.2. The summed E-state index contributed by atoms with van der Waals surface area (Å²) >= 11 is 1.49. The molecule has 158 valence electrons. The van der Waals surface area contributed by atoms with Crippen molar-refractivity contribution >= 4 is 33.4 Å². The fourth-order valence-corrected chi connectivity index (χ4v) is 4.84. The monoisotopic (exact) mass is 425 g/mol. The summed E-state index contributed by atoms with van der Waals surface area (Å²) in [5.74, 6) is 0.118. The second-order valence-electron chi connectivity index (χ2n) is 7.58. The highest BCUT2D eigenvalue weighted by molar-refractivity contribution is 7.20. The number of hydrogen-bond acceptors (Lipinski definition) is 5. The summed E-state index contributed by atoms with van der Waals surface area (Å²) in [7, 11) is 0. The first kappa shape index (κ1) is 20.6. The van der Waals surface area contributed by atoms with Crippen LogP contribution in [0.3, 0.4) is 0 Å². The molecule has 3 heterocycles. The number of aromatic nitrogens is 2. The van der Waals surface area contributed by atoms with E-state index in [-0.39, 0.29) is 11.8 Å². The molecule has 0 unspecified atom stereocenters. The van der Waals surface area contributed by atoms with Crippen LogP contribution < -0.4 is 5.32 Å². The Bertz CT molecular complexity index is 1030. The van der Waals surface area contributed by atoms with Crippen LogP contribution in [-0.2, 0) is 4.79 Å². The molecule has 0 atom stereocenters. The summed E-state index contributed by atoms with van der Waals surface area (Å²) in [4.78, 5) is 30.8. The highest BCUT2D eigenvalue weighted by Gasteiger charge is 2.25. The van der Waals surface area contributed by atoms with Crippen LogP contribution >= 0.6 is 11.3 Å². The lowest BCUT2D eigenvalue weighted by atomic mass is 10.2. The molecular formula is C22H27N5O2S. The van der Waals surface area contributed by atoms with Crippen LogP contribution in [0.5, 0.6) is 0 Å². The van der Waals surface area contributed by atoms with Gasteiger partial charge in [-0.2, -0.15) is 5.10 Å². The number of para-hydroxylation sites is 1. The molecule has 2 aromatic heterocycles. The van der Waals surface area contributed by atoms with Gasteiger partial charge in [-0.05, 0) is 31.5 Å². The van der Waals surface area contributed by atoms with Gasteiger partial charge < -0.3 is 10.2 Å². The Hall–Kier alpha value is -2.71. The minimum Gasteiger partial charge on any atom is -0.355 e. The molecule has 1 N–H and O–H groups in total. The van der Waals surface area contributed by atoms with E-state index in [0.717, 1.165) is 32.9 Å². The number of rotatable bonds is 6. The van der Waals surface area contributed by atoms with Crippen molar-refractivity contribution < 1.29 is 9.59 Å². The fourth-order valence-electron chi connectivity index (χ4n) is 3.69. The van der Waals surface area contributed by atoms with E-state index in [1.807, 2.05) is 59.8 Å². The number of aryl methyl sites for hydroxylation is 1. The van der Waals surface area contributed by atoms with Crippen molar-refractivity contribution in [3.8, 4) is 5.69 Å². The number of nitrogens with one attached hydrogen (secondary N) is 1. The van der Waals surface area contributed by atoms with Gasteiger partial charge in [0.2, 0.25) is 5.91 Å². The largest absolute Gasteiger partial charge is 0.355 e. The molecule has 0 aliphatic carbocycles. The minimum atomic E-state index is 0.0575. The predicted octanol–water partition coefficient (Wildman–Crippen LogP) is 2.68. The minimum absolute atomic E-state index is 0.0575. The first-order valence-corrected chi connectivity index (χ1v) is 11.2. The highest BCUT2D eigenvalue weighted by atomic mass is 32.1. The van der Waals surface area contributed by atoms with Gasteiger partial charge in [0.1, 0.15) is 4.83 Å². The molecule has 0 radical (unpaired) electrons. The maximum Gasteiger partial charge on any atom is 0.264 e. The maximum absolute atomic E-state index is 13.1. The molecule has 0 bridgehead atoms. The lowest BCUT2D eigenvalue weighted by Gasteiger charge is -2.34. The van der Waals surface area contributed by atoms with Crippen molar-refractivity contribution in [2.45, 2.75) is 20.3 Å². The van der Waals surface area contributed by atoms with Crippen LogP contribution in [0.25, 0.3) is 15.9 Å². The van der Waals surface area contributed by atoms with Gasteiger partial charge in [0, 0.05) is 38.1 Å². The topological polar surface area (TPSA) is 70.5 Å². The summed E-state index contributed by atoms with van der Waals surface area (Å²) in [5, 5.41) is 8.58. The SMILES string of the molecule is CCCNC(=O)CN1CCN(C(=O)c2cc3c(C)nn(-c4ccccc4)c3s2)CC1. The zero-order valence-electron chi connectivity index (χ0n) is 17.4. The normalized spacial score (nSPS) is 14.9. The van der Waals surface area contributed by atoms with Crippen molar-refractivity contribution in [1.29, 1.82) is 0 Å². The van der Waals surface area contributed by atoms with Gasteiger partial charge in [0.25, 0.3) is 5.91 Å². The molecule has 3 aromatic rings. The van der Waals surface area contributed by atoms with Gasteiger partial charge in [-0.1, -0.05) is 25.1 Å². The van der Waals surface area contributed by atoms with E-state index in [4.69, 9.17) is 0 Å². The van der Waals surface area contributed by atoms with Crippen molar-refractivity contribution in [3.05, 3.63) is 47.0 Å². The number of piperazine rings is 1. The second kappa shape index (κ2) is 8.97. The number of carbonyl (C=O) groups is 2. The molecule has 2 amide bonds. The predicted molar refractivity (Wildman–Crippen MR) is 119 cm³/mol. The lowest BCUT2D eigenvalue weighted by Crippen LogP contribution is -2.51. The van der Waals surface area contributed by atoms with Crippen LogP contribution in [0, 0.1) is 6.92 Å². The first-order chi connectivity index (χ1) is 14.6. The number of hydrogen-bond donors (Lipinski definition) is 1. The molecule has 1 fully saturated rings. The van der Waals surface area contributed by atoms with Gasteiger partial charge in [0.05, 0.1) is 22.8 Å². The average molecular weight is 426 g/mol. The summed E-state index contributed by atoms with van der Waals surface area (Å²) < 4.78 is 1.92. The van der Waals surface area contributed by atoms with E-state index in [2.05, 4.69) is 15.3 Å². The van der Waals surface area contributed by atoms with Crippen molar-refractivity contribution in [3.63, 3.8) is 0 Å². The van der Waals surface area contributed by atoms with E-state index in [9.17, 15) is 9.59 Å². The number of nitrogens with zero attached hydrogens (tertiary/aromatic N) is 4. The Morgan fingerprint density at radius 3 is 2.57 bits per heavy atom. The Balaban J connectivity index is 1.44. The van der Waals surface area contributed by atoms with Crippen LogP contribution in [0.1, 0.15) is 28.7 Å². The van der Waals surface area contributed by atoms with E-state index in [1.54, 1.807) is 0 Å². The van der Waals surface area contributed by atoms with Crippen molar-refractivity contribution in [2.24, 2.45) is 0 Å². The van der Waals surface area contributed by atoms with Crippen LogP contribution in [0.2, 0.25) is 0 Å². The van der Waals surface area contributed by atoms with E-state index < -0.39 is 0 Å². The second-order valence-corrected chi connectivity index (χ2v) is 8.61. The smallest absolute Gasteiger partial charge is 0.264 e. The Labute approximate surface area is 180 Å². The number of carbonyl (C=O) groups excluding carboxylic acids is 2. The molecule has 1 aliphatic heterocycles. The average Bonchev–Trinajstić information content (AvgIpc) is 3.33. The van der Waals surface area contributed by atoms with Crippen LogP contribution in [-0.4, -0.2) is 70.7 Å². The lowest BCUT2D eigenvalue weighted by molar-refractivity contribution is -0.122. The molecule has 4 rings (SSSR count). The summed E-state index contributed by atoms with van der Waals surface area (Å²) in [6, 6.07) is 12.0. The van der Waals surface area contributed by atoms with Gasteiger partial charge in [-0.3, -0.25) is 14.5 Å². The number of fused-ring (bicyclic) bond motifs is 1. The third kappa shape index (κ3) is 4.24. The van der Waals surface area contributed by atoms with Crippen molar-refractivity contribution in [1.82, 2.24) is 24.9 Å². The van der Waals surface area contributed by atoms with Crippen LogP contribution in [0.15, 0.2) is 36.4 Å². The Morgan fingerprint density at radius 1 is 1.13 bits per heavy atom. The number of benzene rings is 1. The maximum atomic E-state index is 13.1. The highest BCUT2D eigenvalue weighted by Crippen LogP contribution is 2.31. The molecule has 8 heteroatoms. The molecule has 30 heavy (non-hydrogen) atoms. The quantitative estimate of drug-likeness (QED) is 0.659. The van der Waals surface area contributed by atoms with Gasteiger partial charge >= 0.3 is 0 Å². The van der Waals surface area contributed by atoms with E-state index in [1.165, 1.54) is 11.3 Å². The molecule has 1 saturated heterocycles. The van der Waals surface area contributed by atoms with Crippen molar-refractivity contribution in [2.75, 3.05) is 39.3 Å². The van der Waals surface area contributed by atoms with E-state index in [0.29, 0.717) is 39.3 Å². The molecule has 0 spiro atoms. The summed E-state index contributed by atoms with van der Waals surface area (Å²) in [5.41, 5.74) is 1.92. The first-order valence-electron chi connectivity index (χ1n) is 10.4. The standard InChI is InChI=1S/C22H27N5O2S/c1-3-9-23-20(28)15-25-10-12-26(13-11-25)21(29)19-14-18-16(2)24-27(22(18)30-19)17-7-5-4-6-8-17/h4-8,14H,3,9-13,15H2,1-2H3,(H,23,28). The van der Waals surface area contributed by atoms with Crippen LogP contribution in [0.4, 0.5) is 0 Å². The molecule has 7 nitrogen and oxygen atoms in total. The number of thiophene rings is 1. The third-order valence-corrected chi connectivity index (χ3v) is 6.45. The van der Waals surface area contributed by atoms with Gasteiger partial charge in [-0.15, -0.1) is 11.3 Å². The van der Waals surface area contributed by atoms with Gasteiger partial charge in [-0.25, -0.2) is 4.68 Å². The molecule has 1 aliphatic rings. The van der Waals surface area contributed by atoms with E-state index >= 15 is 0 Å². The molecule has 0 saturated carbocycles. The Morgan fingerprint density at radius 2 is 1.87 bits per heavy atom. The third-order valence-electron chi connectivity index (χ3n) is 5.36. The Kier molecular flexibility index (Phi) is 6.15. The number of amides is 2. The summed E-state index contributed by atoms with van der Waals surface area (Å²) in [6.45, 7) is 7.83. The van der Waals surface area contributed by atoms with Gasteiger partial charge in [0.15, 0.2) is 0 Å². The molecular weight excluding hydrogens is 398 g/mol. The molecule has 1 aromatic carbocycles. The fraction of sp³-hybridized carbons (Fsp3) is 0.409. The summed E-state index contributed by atoms with van der Waals surface area (Å²) in [6.07, 6.45) is 0.935.